The van der Waals surface area contributed by atoms with Gasteiger partial charge in [0.2, 0.25) is 11.8 Å². The van der Waals surface area contributed by atoms with Gasteiger partial charge in [-0.15, -0.1) is 0 Å². The summed E-state index contributed by atoms with van der Waals surface area (Å²) in [7, 11) is -3.94. The molecule has 7 nitrogen and oxygen atoms in total. The Hall–Kier alpha value is -3.13. The lowest BCUT2D eigenvalue weighted by Crippen LogP contribution is -2.37. The Bertz CT molecular complexity index is 1330. The third-order valence-electron chi connectivity index (χ3n) is 6.36. The fraction of sp³-hybridized carbons (Fsp3) is 0.385. The summed E-state index contributed by atoms with van der Waals surface area (Å²) in [5, 5.41) is 3.29. The zero-order valence-electron chi connectivity index (χ0n) is 19.9. The predicted octanol–water partition coefficient (Wildman–Crippen LogP) is 3.99. The molecule has 34 heavy (non-hydrogen) atoms. The van der Waals surface area contributed by atoms with Crippen molar-refractivity contribution in [1.29, 1.82) is 0 Å². The normalized spacial score (nSPS) is 14.4. The number of para-hydroxylation sites is 1. The number of benzene rings is 2. The van der Waals surface area contributed by atoms with Crippen LogP contribution in [0.2, 0.25) is 0 Å². The Kier molecular flexibility index (Phi) is 6.79. The van der Waals surface area contributed by atoms with E-state index in [0.29, 0.717) is 16.6 Å². The number of piperidine rings is 1. The summed E-state index contributed by atoms with van der Waals surface area (Å²) in [6.45, 7) is 7.29. The van der Waals surface area contributed by atoms with Gasteiger partial charge in [0, 0.05) is 35.9 Å². The minimum atomic E-state index is -3.94. The van der Waals surface area contributed by atoms with Gasteiger partial charge in [-0.3, -0.25) is 9.59 Å². The van der Waals surface area contributed by atoms with Crippen LogP contribution < -0.4 is 5.32 Å². The lowest BCUT2D eigenvalue weighted by Gasteiger charge is -2.27. The number of nitrogens with one attached hydrogen (secondary N) is 1. The van der Waals surface area contributed by atoms with Crippen molar-refractivity contribution in [2.75, 3.05) is 24.2 Å². The number of fused-ring (bicyclic) bond motifs is 1. The number of sulfone groups is 1. The molecule has 3 aromatic rings. The molecule has 2 aromatic carbocycles. The van der Waals surface area contributed by atoms with Gasteiger partial charge in [-0.05, 0) is 57.2 Å². The van der Waals surface area contributed by atoms with Gasteiger partial charge < -0.3 is 14.8 Å². The summed E-state index contributed by atoms with van der Waals surface area (Å²) in [6, 6.07) is 11.0. The van der Waals surface area contributed by atoms with E-state index in [1.54, 1.807) is 22.8 Å². The molecule has 0 atom stereocenters. The topological polar surface area (TPSA) is 88.5 Å². The molecule has 1 N–H and O–H groups in total. The molecular formula is C26H31N3O4S. The fourth-order valence-electron chi connectivity index (χ4n) is 4.78. The number of rotatable bonds is 6. The van der Waals surface area contributed by atoms with Gasteiger partial charge in [0.05, 0.1) is 4.90 Å². The first-order valence-corrected chi connectivity index (χ1v) is 13.3. The number of amides is 2. The number of aromatic nitrogens is 1. The lowest BCUT2D eigenvalue weighted by atomic mass is 10.1. The average molecular weight is 482 g/mol. The first-order chi connectivity index (χ1) is 16.2. The monoisotopic (exact) mass is 481 g/mol. The number of nitrogens with zero attached hydrogens (tertiary/aromatic N) is 2. The molecule has 1 saturated heterocycles. The van der Waals surface area contributed by atoms with Crippen LogP contribution in [0.15, 0.2) is 47.5 Å². The third kappa shape index (κ3) is 5.01. The van der Waals surface area contributed by atoms with Crippen molar-refractivity contribution in [3.05, 3.63) is 59.3 Å². The van der Waals surface area contributed by atoms with Gasteiger partial charge in [0.25, 0.3) is 0 Å². The first-order valence-electron chi connectivity index (χ1n) is 11.6. The number of carbonyl (C=O) groups excluding carboxylic acids is 2. The van der Waals surface area contributed by atoms with Crippen LogP contribution in [0.25, 0.3) is 10.9 Å². The van der Waals surface area contributed by atoms with E-state index in [4.69, 9.17) is 0 Å². The van der Waals surface area contributed by atoms with E-state index in [2.05, 4.69) is 5.32 Å². The van der Waals surface area contributed by atoms with Gasteiger partial charge >= 0.3 is 0 Å². The number of hydrogen-bond donors (Lipinski definition) is 1. The molecule has 1 aromatic heterocycles. The van der Waals surface area contributed by atoms with Gasteiger partial charge in [-0.1, -0.05) is 35.9 Å². The number of carbonyl (C=O) groups is 2. The Morgan fingerprint density at radius 3 is 2.29 bits per heavy atom. The van der Waals surface area contributed by atoms with Gasteiger partial charge in [-0.2, -0.15) is 0 Å². The fourth-order valence-corrected chi connectivity index (χ4v) is 6.15. The molecule has 0 spiro atoms. The van der Waals surface area contributed by atoms with Crippen molar-refractivity contribution < 1.29 is 18.0 Å². The molecule has 1 aliphatic heterocycles. The Balaban J connectivity index is 1.58. The van der Waals surface area contributed by atoms with Crippen LogP contribution in [0.1, 0.15) is 36.0 Å². The summed E-state index contributed by atoms with van der Waals surface area (Å²) < 4.78 is 28.3. The second-order valence-electron chi connectivity index (χ2n) is 9.16. The van der Waals surface area contributed by atoms with E-state index >= 15 is 0 Å². The predicted molar refractivity (Wildman–Crippen MR) is 134 cm³/mol. The van der Waals surface area contributed by atoms with Crippen LogP contribution in [0.5, 0.6) is 0 Å². The number of aryl methyl sites for hydroxylation is 3. The van der Waals surface area contributed by atoms with E-state index in [9.17, 15) is 18.0 Å². The number of hydrogen-bond acceptors (Lipinski definition) is 4. The maximum absolute atomic E-state index is 13.3. The highest BCUT2D eigenvalue weighted by molar-refractivity contribution is 7.92. The maximum Gasteiger partial charge on any atom is 0.242 e. The zero-order chi connectivity index (χ0) is 24.5. The molecule has 0 bridgehead atoms. The summed E-state index contributed by atoms with van der Waals surface area (Å²) in [5.74, 6) is -1.28. The number of anilines is 1. The molecule has 180 valence electrons. The first kappa shape index (κ1) is 24.0. The molecular weight excluding hydrogens is 450 g/mol. The van der Waals surface area contributed by atoms with E-state index in [1.165, 1.54) is 6.20 Å². The molecule has 0 unspecified atom stereocenters. The van der Waals surface area contributed by atoms with Crippen molar-refractivity contribution in [3.8, 4) is 0 Å². The van der Waals surface area contributed by atoms with Crippen molar-refractivity contribution in [3.63, 3.8) is 0 Å². The SMILES string of the molecule is Cc1cc(C)c(NC(=O)CS(=O)(=O)c2cn(CC(=O)N3CCCCC3)c3ccccc23)c(C)c1. The van der Waals surface area contributed by atoms with Gasteiger partial charge in [-0.25, -0.2) is 8.42 Å². The summed E-state index contributed by atoms with van der Waals surface area (Å²) >= 11 is 0. The van der Waals surface area contributed by atoms with Crippen LogP contribution in [0.4, 0.5) is 5.69 Å². The maximum atomic E-state index is 13.3. The summed E-state index contributed by atoms with van der Waals surface area (Å²) in [4.78, 5) is 27.5. The highest BCUT2D eigenvalue weighted by atomic mass is 32.2. The molecule has 0 aliphatic carbocycles. The van der Waals surface area contributed by atoms with Crippen molar-refractivity contribution >= 4 is 38.2 Å². The van der Waals surface area contributed by atoms with E-state index in [1.807, 2.05) is 43.9 Å². The smallest absolute Gasteiger partial charge is 0.242 e. The molecule has 0 radical (unpaired) electrons. The Morgan fingerprint density at radius 1 is 0.971 bits per heavy atom. The standard InChI is InChI=1S/C26H31N3O4S/c1-18-13-19(2)26(20(3)14-18)27-24(30)17-34(32,33)23-15-29(22-10-6-5-9-21(22)23)16-25(31)28-11-7-4-8-12-28/h5-6,9-10,13-15H,4,7-8,11-12,16-17H2,1-3H3,(H,27,30). The van der Waals surface area contributed by atoms with Crippen molar-refractivity contribution in [1.82, 2.24) is 9.47 Å². The number of likely N-dealkylation sites (tertiary alicyclic amines) is 1. The Morgan fingerprint density at radius 2 is 1.62 bits per heavy atom. The van der Waals surface area contributed by atoms with Crippen molar-refractivity contribution in [2.24, 2.45) is 0 Å². The second-order valence-corrected chi connectivity index (χ2v) is 11.1. The minimum Gasteiger partial charge on any atom is -0.341 e. The van der Waals surface area contributed by atoms with Gasteiger partial charge in [0.1, 0.15) is 12.3 Å². The lowest BCUT2D eigenvalue weighted by molar-refractivity contribution is -0.132. The van der Waals surface area contributed by atoms with Crippen LogP contribution >= 0.6 is 0 Å². The largest absolute Gasteiger partial charge is 0.341 e. The highest BCUT2D eigenvalue weighted by Crippen LogP contribution is 2.27. The highest BCUT2D eigenvalue weighted by Gasteiger charge is 2.26. The van der Waals surface area contributed by atoms with Crippen LogP contribution in [0, 0.1) is 20.8 Å². The molecule has 2 amide bonds. The zero-order valence-corrected chi connectivity index (χ0v) is 20.7. The molecule has 1 aliphatic rings. The molecule has 4 rings (SSSR count). The second kappa shape index (κ2) is 9.62. The van der Waals surface area contributed by atoms with Crippen LogP contribution in [0.3, 0.4) is 0 Å². The van der Waals surface area contributed by atoms with Gasteiger partial charge in [0.15, 0.2) is 9.84 Å². The van der Waals surface area contributed by atoms with Crippen LogP contribution in [-0.4, -0.2) is 48.5 Å². The summed E-state index contributed by atoms with van der Waals surface area (Å²) in [5.41, 5.74) is 4.15. The quantitative estimate of drug-likeness (QED) is 0.577. The molecule has 1 fully saturated rings. The van der Waals surface area contributed by atoms with E-state index in [-0.39, 0.29) is 17.3 Å². The average Bonchev–Trinajstić information content (AvgIpc) is 3.16. The van der Waals surface area contributed by atoms with Crippen LogP contribution in [-0.2, 0) is 26.0 Å². The van der Waals surface area contributed by atoms with E-state index < -0.39 is 21.5 Å². The third-order valence-corrected chi connectivity index (χ3v) is 8.00. The molecule has 0 saturated carbocycles. The Labute approximate surface area is 200 Å². The van der Waals surface area contributed by atoms with Crippen molar-refractivity contribution in [2.45, 2.75) is 51.5 Å². The molecule has 2 heterocycles. The van der Waals surface area contributed by atoms with E-state index in [0.717, 1.165) is 49.0 Å². The minimum absolute atomic E-state index is 0.0209. The summed E-state index contributed by atoms with van der Waals surface area (Å²) in [6.07, 6.45) is 4.61. The molecule has 8 heteroatoms.